The molecule has 25 heteroatoms. The van der Waals surface area contributed by atoms with Gasteiger partial charge in [0.2, 0.25) is 5.91 Å². The molecule has 0 spiro atoms. The lowest BCUT2D eigenvalue weighted by Crippen LogP contribution is -2.70. The molecule has 13 N–H and O–H groups in total. The van der Waals surface area contributed by atoms with Crippen molar-refractivity contribution in [3.8, 4) is 0 Å². The lowest BCUT2D eigenvalue weighted by atomic mass is 9.94. The van der Waals surface area contributed by atoms with E-state index >= 15 is 0 Å². The molecule has 1 amide bonds. The fourth-order valence-corrected chi connectivity index (χ4v) is 7.52. The van der Waals surface area contributed by atoms with E-state index in [0.29, 0.717) is 0 Å². The van der Waals surface area contributed by atoms with E-state index in [0.717, 1.165) is 13.8 Å². The first kappa shape index (κ1) is 48.1. The first-order valence-corrected chi connectivity index (χ1v) is 19.1. The molecule has 0 bridgehead atoms. The van der Waals surface area contributed by atoms with Crippen molar-refractivity contribution >= 4 is 11.9 Å². The highest BCUT2D eigenvalue weighted by Gasteiger charge is 2.57. The maximum Gasteiger partial charge on any atom is 0.303 e. The smallest absolute Gasteiger partial charge is 0.303 e. The topological polar surface area (TPSA) is 381 Å². The van der Waals surface area contributed by atoms with Crippen LogP contribution in [0.1, 0.15) is 34.6 Å². The summed E-state index contributed by atoms with van der Waals surface area (Å²) in [6.07, 6.45) is -41.2. The maximum atomic E-state index is 12.7. The van der Waals surface area contributed by atoms with Crippen molar-refractivity contribution in [3.05, 3.63) is 0 Å². The maximum absolute atomic E-state index is 12.7. The molecule has 0 aromatic heterocycles. The van der Waals surface area contributed by atoms with Crippen LogP contribution in [0.5, 0.6) is 0 Å². The van der Waals surface area contributed by atoms with E-state index in [1.54, 1.807) is 0 Å². The van der Waals surface area contributed by atoms with Crippen molar-refractivity contribution in [2.45, 2.75) is 188 Å². The van der Waals surface area contributed by atoms with Crippen LogP contribution in [0.2, 0.25) is 0 Å². The predicted octanol–water partition coefficient (Wildman–Crippen LogP) is -8.13. The molecule has 25 atom stereocenters. The summed E-state index contributed by atoms with van der Waals surface area (Å²) in [5.41, 5.74) is 0. The highest BCUT2D eigenvalue weighted by Crippen LogP contribution is 2.37. The Kier molecular flexibility index (Phi) is 16.4. The van der Waals surface area contributed by atoms with E-state index in [1.807, 2.05) is 0 Å². The van der Waals surface area contributed by atoms with Crippen LogP contribution in [0.15, 0.2) is 0 Å². The Morgan fingerprint density at radius 3 is 1.53 bits per heavy atom. The molecule has 5 rings (SSSR count). The molecule has 0 aromatic carbocycles. The van der Waals surface area contributed by atoms with E-state index in [-0.39, 0.29) is 0 Å². The summed E-state index contributed by atoms with van der Waals surface area (Å²) in [6, 6.07) is -1.67. The zero-order valence-corrected chi connectivity index (χ0v) is 32.6. The van der Waals surface area contributed by atoms with Gasteiger partial charge in [-0.3, -0.25) is 9.59 Å². The van der Waals surface area contributed by atoms with Crippen molar-refractivity contribution in [3.63, 3.8) is 0 Å². The second kappa shape index (κ2) is 20.1. The predicted molar refractivity (Wildman–Crippen MR) is 183 cm³/mol. The largest absolute Gasteiger partial charge is 0.454 e. The number of aliphatic hydroxyl groups excluding tert-OH is 12. The molecule has 0 aromatic rings. The molecule has 25 nitrogen and oxygen atoms in total. The highest BCUT2D eigenvalue weighted by molar-refractivity contribution is 5.73. The van der Waals surface area contributed by atoms with Crippen molar-refractivity contribution in [1.29, 1.82) is 0 Å². The van der Waals surface area contributed by atoms with Crippen LogP contribution >= 0.6 is 0 Å². The van der Waals surface area contributed by atoms with Gasteiger partial charge >= 0.3 is 5.97 Å². The van der Waals surface area contributed by atoms with E-state index in [2.05, 4.69) is 5.32 Å². The molecular formula is C34H57NO24. The van der Waals surface area contributed by atoms with Crippen LogP contribution in [-0.2, 0) is 57.0 Å². The number of esters is 1. The van der Waals surface area contributed by atoms with Gasteiger partial charge in [-0.25, -0.2) is 0 Å². The molecule has 0 saturated carbocycles. The van der Waals surface area contributed by atoms with Gasteiger partial charge in [-0.2, -0.15) is 0 Å². The zero-order valence-electron chi connectivity index (χ0n) is 32.6. The van der Waals surface area contributed by atoms with Crippen LogP contribution in [0.25, 0.3) is 0 Å². The van der Waals surface area contributed by atoms with Crippen molar-refractivity contribution in [1.82, 2.24) is 5.32 Å². The van der Waals surface area contributed by atoms with Crippen LogP contribution in [-0.4, -0.2) is 240 Å². The third-order valence-corrected chi connectivity index (χ3v) is 10.9. The Morgan fingerprint density at radius 1 is 0.475 bits per heavy atom. The third kappa shape index (κ3) is 10.3. The average Bonchev–Trinajstić information content (AvgIpc) is 3.18. The minimum absolute atomic E-state index is 0.787. The summed E-state index contributed by atoms with van der Waals surface area (Å²) in [6.45, 7) is 4.32. The van der Waals surface area contributed by atoms with Crippen molar-refractivity contribution in [2.75, 3.05) is 13.2 Å². The third-order valence-electron chi connectivity index (χ3n) is 10.9. The molecular weight excluding hydrogens is 806 g/mol. The van der Waals surface area contributed by atoms with Crippen LogP contribution in [0, 0.1) is 0 Å². The average molecular weight is 864 g/mol. The van der Waals surface area contributed by atoms with Gasteiger partial charge in [0.25, 0.3) is 0 Å². The molecule has 0 aliphatic carbocycles. The number of carbonyl (C=O) groups excluding carboxylic acids is 2. The number of carbonyl (C=O) groups is 2. The lowest BCUT2D eigenvalue weighted by Gasteiger charge is -2.51. The summed E-state index contributed by atoms with van der Waals surface area (Å²) in [5, 5.41) is 131. The molecule has 0 radical (unpaired) electrons. The van der Waals surface area contributed by atoms with Gasteiger partial charge in [0.05, 0.1) is 31.5 Å². The normalized spacial score (nSPS) is 50.8. The van der Waals surface area contributed by atoms with E-state index in [4.69, 9.17) is 47.4 Å². The summed E-state index contributed by atoms with van der Waals surface area (Å²) in [7, 11) is 0. The fraction of sp³-hybridized carbons (Fsp3) is 0.941. The van der Waals surface area contributed by atoms with Crippen LogP contribution in [0.3, 0.4) is 0 Å². The number of rotatable bonds is 12. The number of amides is 1. The second-order valence-electron chi connectivity index (χ2n) is 15.2. The number of nitrogens with one attached hydrogen (secondary N) is 1. The number of aliphatic hydroxyl groups is 12. The quantitative estimate of drug-likeness (QED) is 0.0810. The van der Waals surface area contributed by atoms with E-state index in [9.17, 15) is 70.9 Å². The minimum atomic E-state index is -2.02. The first-order valence-electron chi connectivity index (χ1n) is 19.1. The number of hydrogen-bond acceptors (Lipinski definition) is 24. The highest BCUT2D eigenvalue weighted by atomic mass is 16.8. The summed E-state index contributed by atoms with van der Waals surface area (Å²) in [5.74, 6) is -1.71. The Labute approximate surface area is 336 Å². The van der Waals surface area contributed by atoms with Crippen LogP contribution in [0.4, 0.5) is 0 Å². The zero-order chi connectivity index (χ0) is 43.8. The lowest BCUT2D eigenvalue weighted by molar-refractivity contribution is -0.403. The van der Waals surface area contributed by atoms with Gasteiger partial charge in [0.15, 0.2) is 37.6 Å². The molecule has 5 aliphatic heterocycles. The molecule has 59 heavy (non-hydrogen) atoms. The Morgan fingerprint density at radius 2 is 0.949 bits per heavy atom. The van der Waals surface area contributed by atoms with Crippen molar-refractivity contribution < 1.29 is 118 Å². The van der Waals surface area contributed by atoms with Gasteiger partial charge in [0.1, 0.15) is 97.6 Å². The van der Waals surface area contributed by atoms with E-state index < -0.39 is 179 Å². The van der Waals surface area contributed by atoms with Gasteiger partial charge in [-0.15, -0.1) is 0 Å². The molecule has 5 fully saturated rings. The Bertz CT molecular complexity index is 1380. The minimum Gasteiger partial charge on any atom is -0.454 e. The molecule has 5 aliphatic rings. The Balaban J connectivity index is 1.55. The van der Waals surface area contributed by atoms with Crippen molar-refractivity contribution in [2.24, 2.45) is 0 Å². The fourth-order valence-electron chi connectivity index (χ4n) is 7.52. The monoisotopic (exact) mass is 863 g/mol. The summed E-state index contributed by atoms with van der Waals surface area (Å²) in [4.78, 5) is 24.7. The van der Waals surface area contributed by atoms with Crippen LogP contribution < -0.4 is 5.32 Å². The molecule has 5 heterocycles. The molecule has 342 valence electrons. The van der Waals surface area contributed by atoms with Gasteiger partial charge < -0.3 is 114 Å². The molecule has 10 unspecified atom stereocenters. The summed E-state index contributed by atoms with van der Waals surface area (Å²) < 4.78 is 57.8. The number of hydrogen-bond donors (Lipinski definition) is 13. The van der Waals surface area contributed by atoms with Gasteiger partial charge in [-0.1, -0.05) is 0 Å². The summed E-state index contributed by atoms with van der Waals surface area (Å²) >= 11 is 0. The second-order valence-corrected chi connectivity index (χ2v) is 15.2. The van der Waals surface area contributed by atoms with E-state index in [1.165, 1.54) is 20.8 Å². The molecule has 5 saturated heterocycles. The Hall–Kier alpha value is -1.90. The standard InChI is InChI=1S/C34H57NO24/c1-8-16(40)22(46)27(30(49)50-8)58-34-29(26(18(42)10(3)52-34)57-32-24(48)21(45)19(43)13(6-36)55-32)59-31-15(35-11(4)38)25(20(44)14(7-37)54-31)56-33-28(53-12(5)39)23(47)17(41)9(2)51-33/h8-10,13-34,36-37,40-49H,6-7H2,1-5H3,(H,35,38)/t8?,9?,10?,13-,14?,15?,16-,17-,18-,19+,20+,21?,22-,23-,24?,25+,26-,27?,28?,29?,30+,31-,32+,33-,34-/m0/s1. The number of ether oxygens (including phenoxy) is 10. The van der Waals surface area contributed by atoms with Gasteiger partial charge in [0, 0.05) is 13.8 Å². The SMILES string of the molecule is CC(=O)NC1[C@H](OC2[C@H](OC3[C@H](O)OC(C)[C@H](O)[C@@H]3O)OC(C)[C@H](O)[C@@H]2O[C@H]2O[C@@H](CO)[C@@H](O)C(O)C2O)OC(CO)[C@@H](O)[C@@H]1O[C@@H]1OC(C)[C@H](O)[C@H](O)C1OC(C)=O. The van der Waals surface area contributed by atoms with Gasteiger partial charge in [-0.05, 0) is 20.8 Å². The first-order chi connectivity index (χ1) is 27.7.